The number of ketones is 2. The van der Waals surface area contributed by atoms with Gasteiger partial charge in [0, 0.05) is 12.8 Å². The number of carbonyl (C=O) groups is 4. The second-order valence-electron chi connectivity index (χ2n) is 12.8. The van der Waals surface area contributed by atoms with Crippen LogP contribution in [0, 0.1) is 5.92 Å². The summed E-state index contributed by atoms with van der Waals surface area (Å²) in [7, 11) is 0. The lowest BCUT2D eigenvalue weighted by Crippen LogP contribution is -2.32. The lowest BCUT2D eigenvalue weighted by molar-refractivity contribution is -0.139. The number of unbranched alkanes of at least 4 members (excludes halogenated alkanes) is 24. The summed E-state index contributed by atoms with van der Waals surface area (Å²) in [5, 5.41) is 7.66. The maximum atomic E-state index is 13.0. The lowest BCUT2D eigenvalue weighted by Gasteiger charge is -2.15. The Bertz CT molecular complexity index is 665. The van der Waals surface area contributed by atoms with Gasteiger partial charge in [-0.15, -0.1) is 0 Å². The molecule has 0 saturated carbocycles. The molecule has 1 atom stereocenters. The Labute approximate surface area is 269 Å². The van der Waals surface area contributed by atoms with Crippen molar-refractivity contribution in [2.75, 3.05) is 0 Å². The van der Waals surface area contributed by atoms with E-state index in [0.29, 0.717) is 24.6 Å². The Morgan fingerprint density at radius 1 is 0.465 bits per heavy atom. The topological polar surface area (TPSA) is 88.5 Å². The van der Waals surface area contributed by atoms with Gasteiger partial charge >= 0.3 is 5.97 Å². The van der Waals surface area contributed by atoms with E-state index in [1.165, 1.54) is 122 Å². The van der Waals surface area contributed by atoms with Crippen molar-refractivity contribution >= 4 is 34.4 Å². The number of aliphatic carboxylic acids is 1. The van der Waals surface area contributed by atoms with Gasteiger partial charge in [0.2, 0.25) is 5.12 Å². The summed E-state index contributed by atoms with van der Waals surface area (Å²) in [6.07, 6.45) is 31.9. The van der Waals surface area contributed by atoms with Gasteiger partial charge in [0.15, 0.2) is 11.6 Å². The van der Waals surface area contributed by atoms with Crippen molar-refractivity contribution in [1.82, 2.24) is 0 Å². The number of hydrogen-bond donors (Lipinski definition) is 1. The smallest absolute Gasteiger partial charge is 0.316 e. The summed E-state index contributed by atoms with van der Waals surface area (Å²) in [4.78, 5) is 50.2. The Hall–Kier alpha value is -1.17. The van der Waals surface area contributed by atoms with Crippen LogP contribution in [0.2, 0.25) is 0 Å². The van der Waals surface area contributed by atoms with Gasteiger partial charge in [-0.3, -0.25) is 19.2 Å². The van der Waals surface area contributed by atoms with Crippen molar-refractivity contribution in [1.29, 1.82) is 0 Å². The number of rotatable bonds is 33. The molecular formula is C37H68O5S. The average molecular weight is 625 g/mol. The van der Waals surface area contributed by atoms with Crippen molar-refractivity contribution in [2.45, 2.75) is 206 Å². The van der Waals surface area contributed by atoms with Gasteiger partial charge in [-0.25, -0.2) is 0 Å². The van der Waals surface area contributed by atoms with Crippen LogP contribution >= 0.6 is 11.8 Å². The van der Waals surface area contributed by atoms with Gasteiger partial charge in [-0.1, -0.05) is 180 Å². The number of carbonyl (C=O) groups excluding carboxylic acids is 3. The van der Waals surface area contributed by atoms with Crippen molar-refractivity contribution in [3.8, 4) is 0 Å². The van der Waals surface area contributed by atoms with E-state index < -0.39 is 22.3 Å². The van der Waals surface area contributed by atoms with Crippen LogP contribution < -0.4 is 0 Å². The lowest BCUT2D eigenvalue weighted by atomic mass is 9.92. The predicted octanol–water partition coefficient (Wildman–Crippen LogP) is 11.4. The Morgan fingerprint density at radius 2 is 0.721 bits per heavy atom. The van der Waals surface area contributed by atoms with Gasteiger partial charge in [0.1, 0.15) is 11.2 Å². The molecule has 0 aromatic carbocycles. The molecule has 0 radical (unpaired) electrons. The Kier molecular flexibility index (Phi) is 30.0. The highest BCUT2D eigenvalue weighted by molar-refractivity contribution is 8.14. The first-order chi connectivity index (χ1) is 20.8. The molecule has 0 spiro atoms. The van der Waals surface area contributed by atoms with Crippen LogP contribution in [0.15, 0.2) is 0 Å². The van der Waals surface area contributed by atoms with E-state index in [1.807, 2.05) is 0 Å². The van der Waals surface area contributed by atoms with Gasteiger partial charge in [-0.05, 0) is 19.8 Å². The third-order valence-corrected chi connectivity index (χ3v) is 9.60. The Morgan fingerprint density at radius 3 is 0.977 bits per heavy atom. The molecule has 0 aliphatic heterocycles. The molecule has 0 bridgehead atoms. The number of thioether (sulfide) groups is 1. The molecule has 0 aliphatic carbocycles. The third kappa shape index (κ3) is 25.8. The van der Waals surface area contributed by atoms with E-state index in [4.69, 9.17) is 0 Å². The SMILES string of the molecule is CCCCCCCCCCCCCCCC(=O)C(C(=O)CCCCCCCCCCCCCCC)C(=O)SC(C)C(=O)O. The van der Waals surface area contributed by atoms with Crippen molar-refractivity contribution in [3.05, 3.63) is 0 Å². The van der Waals surface area contributed by atoms with E-state index in [-0.39, 0.29) is 24.4 Å². The standard InChI is InChI=1S/C37H68O5S/c1-4-6-8-10-12-14-16-18-20-22-24-26-28-30-33(38)35(37(42)43-32(3)36(40)41)34(39)31-29-27-25-23-21-19-17-15-13-11-9-7-5-2/h32,35H,4-31H2,1-3H3,(H,40,41). The molecule has 0 amide bonds. The third-order valence-electron chi connectivity index (χ3n) is 8.57. The summed E-state index contributed by atoms with van der Waals surface area (Å²) >= 11 is 0.616. The average Bonchev–Trinajstić information content (AvgIpc) is 2.97. The fourth-order valence-electron chi connectivity index (χ4n) is 5.66. The highest BCUT2D eigenvalue weighted by Crippen LogP contribution is 2.23. The molecule has 43 heavy (non-hydrogen) atoms. The maximum Gasteiger partial charge on any atom is 0.316 e. The molecule has 1 unspecified atom stereocenters. The summed E-state index contributed by atoms with van der Waals surface area (Å²) in [5.41, 5.74) is 0. The first-order valence-electron chi connectivity index (χ1n) is 18.3. The largest absolute Gasteiger partial charge is 0.480 e. The molecule has 252 valence electrons. The minimum absolute atomic E-state index is 0.223. The minimum atomic E-state index is -1.30. The summed E-state index contributed by atoms with van der Waals surface area (Å²) in [6.45, 7) is 5.92. The monoisotopic (exact) mass is 624 g/mol. The zero-order valence-corrected chi connectivity index (χ0v) is 29.3. The summed E-state index contributed by atoms with van der Waals surface area (Å²) in [5.74, 6) is -3.05. The molecule has 0 aliphatic rings. The molecular weight excluding hydrogens is 556 g/mol. The van der Waals surface area contributed by atoms with E-state index >= 15 is 0 Å². The first-order valence-corrected chi connectivity index (χ1v) is 19.2. The quantitative estimate of drug-likeness (QED) is 0.0577. The minimum Gasteiger partial charge on any atom is -0.480 e. The van der Waals surface area contributed by atoms with Crippen LogP contribution in [0.4, 0.5) is 0 Å². The van der Waals surface area contributed by atoms with Crippen LogP contribution in [0.3, 0.4) is 0 Å². The number of Topliss-reactive ketones (excluding diaryl/α,β-unsaturated/α-hetero) is 2. The molecule has 0 saturated heterocycles. The van der Waals surface area contributed by atoms with Crippen LogP contribution in [0.1, 0.15) is 201 Å². The zero-order chi connectivity index (χ0) is 32.0. The normalized spacial score (nSPS) is 12.1. The van der Waals surface area contributed by atoms with Gasteiger partial charge in [0.05, 0.1) is 0 Å². The van der Waals surface area contributed by atoms with E-state index in [9.17, 15) is 24.3 Å². The molecule has 6 heteroatoms. The Balaban J connectivity index is 4.25. The summed E-state index contributed by atoms with van der Waals surface area (Å²) in [6, 6.07) is 0. The van der Waals surface area contributed by atoms with E-state index in [2.05, 4.69) is 13.8 Å². The fourth-order valence-corrected chi connectivity index (χ4v) is 6.51. The van der Waals surface area contributed by atoms with Crippen LogP contribution in [-0.4, -0.2) is 33.0 Å². The number of carboxylic acids is 1. The summed E-state index contributed by atoms with van der Waals surface area (Å²) < 4.78 is 0. The second kappa shape index (κ2) is 30.8. The van der Waals surface area contributed by atoms with Crippen LogP contribution in [0.5, 0.6) is 0 Å². The highest BCUT2D eigenvalue weighted by Gasteiger charge is 2.34. The van der Waals surface area contributed by atoms with Gasteiger partial charge in [0.25, 0.3) is 0 Å². The number of hydrogen-bond acceptors (Lipinski definition) is 5. The number of carboxylic acid groups (broad SMARTS) is 1. The van der Waals surface area contributed by atoms with Crippen molar-refractivity contribution in [3.63, 3.8) is 0 Å². The molecule has 0 aromatic rings. The molecule has 0 fully saturated rings. The maximum absolute atomic E-state index is 13.0. The molecule has 1 N–H and O–H groups in total. The zero-order valence-electron chi connectivity index (χ0n) is 28.4. The van der Waals surface area contributed by atoms with E-state index in [0.717, 1.165) is 38.5 Å². The second-order valence-corrected chi connectivity index (χ2v) is 14.1. The molecule has 0 heterocycles. The fraction of sp³-hybridized carbons (Fsp3) is 0.892. The highest BCUT2D eigenvalue weighted by atomic mass is 32.2. The van der Waals surface area contributed by atoms with Crippen LogP contribution in [0.25, 0.3) is 0 Å². The van der Waals surface area contributed by atoms with Gasteiger partial charge in [-0.2, -0.15) is 0 Å². The van der Waals surface area contributed by atoms with E-state index in [1.54, 1.807) is 0 Å². The first kappa shape index (κ1) is 41.8. The molecule has 0 aromatic heterocycles. The molecule has 5 nitrogen and oxygen atoms in total. The van der Waals surface area contributed by atoms with Gasteiger partial charge < -0.3 is 5.11 Å². The van der Waals surface area contributed by atoms with Crippen LogP contribution in [-0.2, 0) is 19.2 Å². The van der Waals surface area contributed by atoms with Crippen molar-refractivity contribution < 1.29 is 24.3 Å². The van der Waals surface area contributed by atoms with Crippen molar-refractivity contribution in [2.24, 2.45) is 5.92 Å². The molecule has 0 rings (SSSR count). The predicted molar refractivity (Wildman–Crippen MR) is 184 cm³/mol.